The molecule has 3 rings (SSSR count). The summed E-state index contributed by atoms with van der Waals surface area (Å²) in [6.45, 7) is 2.00. The Morgan fingerprint density at radius 2 is 1.93 bits per heavy atom. The van der Waals surface area contributed by atoms with Crippen molar-refractivity contribution >= 4 is 34.6 Å². The standard InChI is InChI=1S/C18H18ClN3O5/c19-13-1-4-15(5-2-13)27-12-18(23)20-14-3-6-16(17(11-14)22(24)25)21-7-9-26-10-8-21/h1-6,11H,7-10,12H2,(H,20,23). The molecule has 27 heavy (non-hydrogen) atoms. The van der Waals surface area contributed by atoms with Crippen LogP contribution in [0.4, 0.5) is 17.1 Å². The number of amides is 1. The molecule has 1 aliphatic heterocycles. The molecule has 1 aliphatic rings. The van der Waals surface area contributed by atoms with Gasteiger partial charge < -0.3 is 19.7 Å². The number of nitrogens with one attached hydrogen (secondary N) is 1. The molecular formula is C18H18ClN3O5. The van der Waals surface area contributed by atoms with Crippen molar-refractivity contribution in [2.75, 3.05) is 43.1 Å². The minimum Gasteiger partial charge on any atom is -0.484 e. The lowest BCUT2D eigenvalue weighted by Gasteiger charge is -2.28. The quantitative estimate of drug-likeness (QED) is 0.600. The molecule has 1 N–H and O–H groups in total. The van der Waals surface area contributed by atoms with E-state index in [-0.39, 0.29) is 12.3 Å². The monoisotopic (exact) mass is 391 g/mol. The minimum absolute atomic E-state index is 0.0617. The number of rotatable bonds is 6. The Morgan fingerprint density at radius 1 is 1.22 bits per heavy atom. The van der Waals surface area contributed by atoms with Crippen molar-refractivity contribution in [2.24, 2.45) is 0 Å². The summed E-state index contributed by atoms with van der Waals surface area (Å²) in [5.41, 5.74) is 0.787. The largest absolute Gasteiger partial charge is 0.484 e. The van der Waals surface area contributed by atoms with Crippen molar-refractivity contribution in [3.63, 3.8) is 0 Å². The number of halogens is 1. The van der Waals surface area contributed by atoms with Crippen molar-refractivity contribution in [2.45, 2.75) is 0 Å². The third-order valence-electron chi connectivity index (χ3n) is 3.99. The van der Waals surface area contributed by atoms with Gasteiger partial charge in [0.15, 0.2) is 6.61 Å². The summed E-state index contributed by atoms with van der Waals surface area (Å²) in [6.07, 6.45) is 0. The van der Waals surface area contributed by atoms with Crippen LogP contribution in [0.15, 0.2) is 42.5 Å². The normalized spacial score (nSPS) is 13.9. The van der Waals surface area contributed by atoms with Crippen LogP contribution in [0.1, 0.15) is 0 Å². The summed E-state index contributed by atoms with van der Waals surface area (Å²) in [4.78, 5) is 24.9. The van der Waals surface area contributed by atoms with Crippen LogP contribution in [-0.2, 0) is 9.53 Å². The zero-order chi connectivity index (χ0) is 19.2. The smallest absolute Gasteiger partial charge is 0.294 e. The average molecular weight is 392 g/mol. The van der Waals surface area contributed by atoms with Crippen LogP contribution in [0.3, 0.4) is 0 Å². The molecule has 1 saturated heterocycles. The molecule has 0 saturated carbocycles. The molecule has 0 bridgehead atoms. The van der Waals surface area contributed by atoms with Crippen LogP contribution in [0, 0.1) is 10.1 Å². The Bertz CT molecular complexity index is 822. The van der Waals surface area contributed by atoms with Crippen molar-refractivity contribution in [1.29, 1.82) is 0 Å². The Labute approximate surface area is 160 Å². The number of benzene rings is 2. The van der Waals surface area contributed by atoms with E-state index < -0.39 is 10.8 Å². The van der Waals surface area contributed by atoms with E-state index in [1.807, 2.05) is 4.90 Å². The van der Waals surface area contributed by atoms with Crippen LogP contribution >= 0.6 is 11.6 Å². The number of hydrogen-bond acceptors (Lipinski definition) is 6. The fourth-order valence-electron chi connectivity index (χ4n) is 2.70. The number of morpholine rings is 1. The zero-order valence-electron chi connectivity index (χ0n) is 14.4. The van der Waals surface area contributed by atoms with Gasteiger partial charge in [-0.25, -0.2) is 0 Å². The maximum Gasteiger partial charge on any atom is 0.294 e. The van der Waals surface area contributed by atoms with Crippen LogP contribution in [0.5, 0.6) is 5.75 Å². The summed E-state index contributed by atoms with van der Waals surface area (Å²) in [7, 11) is 0. The maximum absolute atomic E-state index is 12.1. The van der Waals surface area contributed by atoms with Crippen LogP contribution in [-0.4, -0.2) is 43.7 Å². The molecule has 0 spiro atoms. The number of ether oxygens (including phenoxy) is 2. The van der Waals surface area contributed by atoms with Gasteiger partial charge in [-0.2, -0.15) is 0 Å². The van der Waals surface area contributed by atoms with Crippen LogP contribution < -0.4 is 15.0 Å². The lowest BCUT2D eigenvalue weighted by Crippen LogP contribution is -2.36. The highest BCUT2D eigenvalue weighted by molar-refractivity contribution is 6.30. The Balaban J connectivity index is 1.65. The Hall–Kier alpha value is -2.84. The van der Waals surface area contributed by atoms with Crippen molar-refractivity contribution in [3.8, 4) is 5.75 Å². The lowest BCUT2D eigenvalue weighted by atomic mass is 10.2. The van der Waals surface area contributed by atoms with Gasteiger partial charge in [0.25, 0.3) is 11.6 Å². The number of nitrogens with zero attached hydrogens (tertiary/aromatic N) is 2. The highest BCUT2D eigenvalue weighted by Crippen LogP contribution is 2.31. The van der Waals surface area contributed by atoms with Gasteiger partial charge in [-0.3, -0.25) is 14.9 Å². The third kappa shape index (κ3) is 5.08. The predicted octanol–water partition coefficient (Wildman–Crippen LogP) is 3.10. The first-order chi connectivity index (χ1) is 13.0. The number of carbonyl (C=O) groups is 1. The van der Waals surface area contributed by atoms with E-state index in [1.165, 1.54) is 6.07 Å². The molecule has 1 heterocycles. The third-order valence-corrected chi connectivity index (χ3v) is 4.24. The van der Waals surface area contributed by atoms with Gasteiger partial charge in [-0.1, -0.05) is 11.6 Å². The molecule has 2 aromatic rings. The summed E-state index contributed by atoms with van der Waals surface area (Å²) >= 11 is 5.79. The second-order valence-corrected chi connectivity index (χ2v) is 6.29. The molecule has 2 aromatic carbocycles. The summed E-state index contributed by atoms with van der Waals surface area (Å²) in [5, 5.41) is 14.6. The van der Waals surface area contributed by atoms with Crippen molar-refractivity contribution in [3.05, 3.63) is 57.6 Å². The van der Waals surface area contributed by atoms with E-state index in [9.17, 15) is 14.9 Å². The first kappa shape index (κ1) is 18.9. The van der Waals surface area contributed by atoms with E-state index in [0.717, 1.165) is 0 Å². The van der Waals surface area contributed by atoms with Crippen LogP contribution in [0.2, 0.25) is 5.02 Å². The van der Waals surface area contributed by atoms with Gasteiger partial charge in [0.1, 0.15) is 11.4 Å². The molecule has 142 valence electrons. The summed E-state index contributed by atoms with van der Waals surface area (Å²) in [6, 6.07) is 11.2. The molecular weight excluding hydrogens is 374 g/mol. The zero-order valence-corrected chi connectivity index (χ0v) is 15.1. The Kier molecular flexibility index (Phi) is 6.10. The van der Waals surface area contributed by atoms with E-state index in [0.29, 0.717) is 48.5 Å². The summed E-state index contributed by atoms with van der Waals surface area (Å²) < 4.78 is 10.6. The van der Waals surface area contributed by atoms with Gasteiger partial charge in [0, 0.05) is 29.9 Å². The van der Waals surface area contributed by atoms with Gasteiger partial charge in [0.05, 0.1) is 18.1 Å². The second-order valence-electron chi connectivity index (χ2n) is 5.85. The van der Waals surface area contributed by atoms with Crippen molar-refractivity contribution in [1.82, 2.24) is 0 Å². The molecule has 1 fully saturated rings. The minimum atomic E-state index is -0.454. The van der Waals surface area contributed by atoms with Gasteiger partial charge in [0.2, 0.25) is 0 Å². The molecule has 8 nitrogen and oxygen atoms in total. The molecule has 0 aliphatic carbocycles. The van der Waals surface area contributed by atoms with E-state index in [1.54, 1.807) is 36.4 Å². The SMILES string of the molecule is O=C(COc1ccc(Cl)cc1)Nc1ccc(N2CCOCC2)c([N+](=O)[O-])c1. The maximum atomic E-state index is 12.1. The van der Waals surface area contributed by atoms with Gasteiger partial charge in [-0.05, 0) is 36.4 Å². The number of nitro groups is 1. The molecule has 0 unspecified atom stereocenters. The topological polar surface area (TPSA) is 93.9 Å². The fourth-order valence-corrected chi connectivity index (χ4v) is 2.82. The van der Waals surface area contributed by atoms with Crippen LogP contribution in [0.25, 0.3) is 0 Å². The van der Waals surface area contributed by atoms with E-state index in [2.05, 4.69) is 5.32 Å². The molecule has 1 amide bonds. The van der Waals surface area contributed by atoms with E-state index >= 15 is 0 Å². The number of nitro benzene ring substituents is 1. The molecule has 0 aromatic heterocycles. The first-order valence-electron chi connectivity index (χ1n) is 8.32. The molecule has 0 atom stereocenters. The lowest BCUT2D eigenvalue weighted by molar-refractivity contribution is -0.384. The van der Waals surface area contributed by atoms with Crippen molar-refractivity contribution < 1.29 is 19.2 Å². The second kappa shape index (κ2) is 8.70. The van der Waals surface area contributed by atoms with Gasteiger partial charge in [-0.15, -0.1) is 0 Å². The number of anilines is 2. The molecule has 9 heteroatoms. The fraction of sp³-hybridized carbons (Fsp3) is 0.278. The summed E-state index contributed by atoms with van der Waals surface area (Å²) in [5.74, 6) is 0.0848. The van der Waals surface area contributed by atoms with E-state index in [4.69, 9.17) is 21.1 Å². The first-order valence-corrected chi connectivity index (χ1v) is 8.70. The average Bonchev–Trinajstić information content (AvgIpc) is 2.68. The highest BCUT2D eigenvalue weighted by Gasteiger charge is 2.22. The number of carbonyl (C=O) groups excluding carboxylic acids is 1. The molecule has 0 radical (unpaired) electrons. The predicted molar refractivity (Wildman–Crippen MR) is 102 cm³/mol. The highest BCUT2D eigenvalue weighted by atomic mass is 35.5. The Morgan fingerprint density at radius 3 is 2.59 bits per heavy atom. The van der Waals surface area contributed by atoms with Gasteiger partial charge >= 0.3 is 0 Å². The number of hydrogen-bond donors (Lipinski definition) is 1.